The van der Waals surface area contributed by atoms with Crippen LogP contribution in [0.4, 0.5) is 0 Å². The number of carbonyl (C=O) groups is 2. The molecule has 5 nitrogen and oxygen atoms in total. The zero-order chi connectivity index (χ0) is 10.4. The summed E-state index contributed by atoms with van der Waals surface area (Å²) in [6.07, 6.45) is 0.991. The lowest BCUT2D eigenvalue weighted by Crippen LogP contribution is -2.23. The topological polar surface area (TPSA) is 61.8 Å². The third-order valence-electron chi connectivity index (χ3n) is 2.01. The van der Waals surface area contributed by atoms with Gasteiger partial charge >= 0.3 is 0 Å². The molecule has 0 N–H and O–H groups in total. The fourth-order valence-electron chi connectivity index (χ4n) is 1.37. The van der Waals surface area contributed by atoms with E-state index in [1.165, 1.54) is 7.11 Å². The molecule has 1 aliphatic heterocycles. The van der Waals surface area contributed by atoms with E-state index in [1.54, 1.807) is 0 Å². The molecule has 80 valence electrons. The van der Waals surface area contributed by atoms with Crippen LogP contribution in [0.5, 0.6) is 0 Å². The second-order valence-corrected chi connectivity index (χ2v) is 3.04. The van der Waals surface area contributed by atoms with Gasteiger partial charge in [-0.3, -0.25) is 0 Å². The quantitative estimate of drug-likeness (QED) is 0.564. The summed E-state index contributed by atoms with van der Waals surface area (Å²) in [5.41, 5.74) is 0. The van der Waals surface area contributed by atoms with Gasteiger partial charge in [0.05, 0.1) is 12.7 Å². The first-order chi connectivity index (χ1) is 6.81. The van der Waals surface area contributed by atoms with Crippen LogP contribution in [-0.4, -0.2) is 44.8 Å². The first kappa shape index (κ1) is 11.3. The average molecular weight is 202 g/mol. The van der Waals surface area contributed by atoms with Crippen molar-refractivity contribution in [2.45, 2.75) is 31.3 Å². The monoisotopic (exact) mass is 202 g/mol. The van der Waals surface area contributed by atoms with Gasteiger partial charge in [-0.1, -0.05) is 0 Å². The van der Waals surface area contributed by atoms with E-state index >= 15 is 0 Å². The molecule has 0 bridgehead atoms. The molecule has 1 saturated heterocycles. The second-order valence-electron chi connectivity index (χ2n) is 3.04. The van der Waals surface area contributed by atoms with Crippen molar-refractivity contribution < 1.29 is 23.8 Å². The van der Waals surface area contributed by atoms with Crippen LogP contribution in [0.25, 0.3) is 0 Å². The highest BCUT2D eigenvalue weighted by Gasteiger charge is 2.35. The highest BCUT2D eigenvalue weighted by molar-refractivity contribution is 5.58. The molecule has 3 unspecified atom stereocenters. The summed E-state index contributed by atoms with van der Waals surface area (Å²) >= 11 is 0. The van der Waals surface area contributed by atoms with E-state index in [9.17, 15) is 9.59 Å². The van der Waals surface area contributed by atoms with Crippen LogP contribution in [0.3, 0.4) is 0 Å². The van der Waals surface area contributed by atoms with E-state index in [1.807, 2.05) is 0 Å². The molecule has 1 aliphatic rings. The lowest BCUT2D eigenvalue weighted by Gasteiger charge is -2.09. The van der Waals surface area contributed by atoms with Gasteiger partial charge in [-0.25, -0.2) is 0 Å². The van der Waals surface area contributed by atoms with E-state index in [0.717, 1.165) is 6.29 Å². The Balaban J connectivity index is 2.40. The lowest BCUT2D eigenvalue weighted by molar-refractivity contribution is -0.124. The third kappa shape index (κ3) is 2.87. The largest absolute Gasteiger partial charge is 0.379 e. The van der Waals surface area contributed by atoms with Gasteiger partial charge in [0.1, 0.15) is 12.4 Å². The minimum absolute atomic E-state index is 0.294. The van der Waals surface area contributed by atoms with Gasteiger partial charge < -0.3 is 23.8 Å². The van der Waals surface area contributed by atoms with Crippen molar-refractivity contribution in [3.63, 3.8) is 0 Å². The predicted molar refractivity (Wildman–Crippen MR) is 46.8 cm³/mol. The lowest BCUT2D eigenvalue weighted by atomic mass is 10.1. The molecule has 0 aromatic rings. The Labute approximate surface area is 82.3 Å². The Morgan fingerprint density at radius 1 is 1.36 bits per heavy atom. The fraction of sp³-hybridized carbons (Fsp3) is 0.778. The maximum absolute atomic E-state index is 10.6. The Kier molecular flexibility index (Phi) is 4.72. The summed E-state index contributed by atoms with van der Waals surface area (Å²) in [4.78, 5) is 20.8. The zero-order valence-electron chi connectivity index (χ0n) is 8.05. The molecule has 1 fully saturated rings. The maximum Gasteiger partial charge on any atom is 0.182 e. The van der Waals surface area contributed by atoms with Gasteiger partial charge in [0.25, 0.3) is 0 Å². The first-order valence-corrected chi connectivity index (χ1v) is 4.50. The number of aldehydes is 2. The van der Waals surface area contributed by atoms with Gasteiger partial charge in [-0.15, -0.1) is 0 Å². The average Bonchev–Trinajstić information content (AvgIpc) is 2.58. The van der Waals surface area contributed by atoms with Gasteiger partial charge in [0.15, 0.2) is 12.6 Å². The molecule has 1 rings (SSSR count). The Morgan fingerprint density at radius 3 is 2.71 bits per heavy atom. The molecular weight excluding hydrogens is 188 g/mol. The molecule has 3 atom stereocenters. The third-order valence-corrected chi connectivity index (χ3v) is 2.01. The van der Waals surface area contributed by atoms with Gasteiger partial charge in [-0.2, -0.15) is 0 Å². The molecule has 0 aromatic heterocycles. The van der Waals surface area contributed by atoms with E-state index in [-0.39, 0.29) is 6.10 Å². The molecule has 1 heterocycles. The second kappa shape index (κ2) is 5.85. The highest BCUT2D eigenvalue weighted by Crippen LogP contribution is 2.21. The summed E-state index contributed by atoms with van der Waals surface area (Å²) in [5.74, 6) is 0. The smallest absolute Gasteiger partial charge is 0.182 e. The van der Waals surface area contributed by atoms with Crippen LogP contribution >= 0.6 is 0 Å². The Bertz CT molecular complexity index is 194. The minimum Gasteiger partial charge on any atom is -0.379 e. The zero-order valence-corrected chi connectivity index (χ0v) is 8.05. The van der Waals surface area contributed by atoms with E-state index < -0.39 is 12.4 Å². The summed E-state index contributed by atoms with van der Waals surface area (Å²) in [6, 6.07) is 0. The van der Waals surface area contributed by atoms with Crippen molar-refractivity contribution in [3.8, 4) is 0 Å². The SMILES string of the molecule is COCC1OC(C=O)C(CCC=O)O1. The number of rotatable bonds is 6. The maximum atomic E-state index is 10.6. The summed E-state index contributed by atoms with van der Waals surface area (Å²) in [6.45, 7) is 0.294. The summed E-state index contributed by atoms with van der Waals surface area (Å²) < 4.78 is 15.4. The van der Waals surface area contributed by atoms with Crippen LogP contribution in [0.2, 0.25) is 0 Å². The fourth-order valence-corrected chi connectivity index (χ4v) is 1.37. The normalized spacial score (nSPS) is 31.6. The number of carbonyl (C=O) groups excluding carboxylic acids is 2. The van der Waals surface area contributed by atoms with Crippen molar-refractivity contribution in [3.05, 3.63) is 0 Å². The highest BCUT2D eigenvalue weighted by atomic mass is 16.7. The van der Waals surface area contributed by atoms with Gasteiger partial charge in [0.2, 0.25) is 0 Å². The summed E-state index contributed by atoms with van der Waals surface area (Å²) in [5, 5.41) is 0. The molecule has 0 aliphatic carbocycles. The van der Waals surface area contributed by atoms with Gasteiger partial charge in [-0.05, 0) is 6.42 Å². The molecule has 5 heteroatoms. The Morgan fingerprint density at radius 2 is 2.14 bits per heavy atom. The Hall–Kier alpha value is -0.780. The number of hydrogen-bond donors (Lipinski definition) is 0. The van der Waals surface area contributed by atoms with Crippen LogP contribution in [0.1, 0.15) is 12.8 Å². The molecule has 14 heavy (non-hydrogen) atoms. The molecular formula is C9H14O5. The standard InChI is InChI=1S/C9H14O5/c1-12-6-9-13-7(3-2-4-10)8(5-11)14-9/h4-5,7-9H,2-3,6H2,1H3. The molecule has 0 amide bonds. The first-order valence-electron chi connectivity index (χ1n) is 4.50. The van der Waals surface area contributed by atoms with E-state index in [4.69, 9.17) is 14.2 Å². The van der Waals surface area contributed by atoms with Gasteiger partial charge in [0, 0.05) is 13.5 Å². The van der Waals surface area contributed by atoms with E-state index in [2.05, 4.69) is 0 Å². The predicted octanol–water partition coefficient (Wildman–Crippen LogP) is -0.0791. The number of ether oxygens (including phenoxy) is 3. The number of methoxy groups -OCH3 is 1. The van der Waals surface area contributed by atoms with Crippen molar-refractivity contribution >= 4 is 12.6 Å². The molecule has 0 saturated carbocycles. The van der Waals surface area contributed by atoms with Crippen molar-refractivity contribution in [1.29, 1.82) is 0 Å². The van der Waals surface area contributed by atoms with Crippen LogP contribution in [0.15, 0.2) is 0 Å². The molecule has 0 spiro atoms. The minimum atomic E-state index is -0.574. The van der Waals surface area contributed by atoms with Crippen LogP contribution in [-0.2, 0) is 23.8 Å². The van der Waals surface area contributed by atoms with Crippen molar-refractivity contribution in [2.24, 2.45) is 0 Å². The molecule has 0 radical (unpaired) electrons. The van der Waals surface area contributed by atoms with Crippen molar-refractivity contribution in [2.75, 3.05) is 13.7 Å². The van der Waals surface area contributed by atoms with Crippen LogP contribution in [0, 0.1) is 0 Å². The summed E-state index contributed by atoms with van der Waals surface area (Å²) in [7, 11) is 1.53. The molecule has 0 aromatic carbocycles. The van der Waals surface area contributed by atoms with E-state index in [0.29, 0.717) is 25.7 Å². The number of hydrogen-bond acceptors (Lipinski definition) is 5. The van der Waals surface area contributed by atoms with Crippen LogP contribution < -0.4 is 0 Å². The van der Waals surface area contributed by atoms with Crippen molar-refractivity contribution in [1.82, 2.24) is 0 Å².